The first-order chi connectivity index (χ1) is 7.16. The van der Waals surface area contributed by atoms with E-state index in [1.165, 1.54) is 5.56 Å². The van der Waals surface area contributed by atoms with Gasteiger partial charge >= 0.3 is 0 Å². The number of nitrogen functional groups attached to an aromatic ring is 1. The standard InChI is InChI=1S/C11H15N3O.2ClH/c12-8-2-1-7-3-4-14-10(6-11(13)15)9(7)5-8;;/h1-2,5,10,14H,3-4,6,12H2,(H2,13,15);2*1H. The number of halogens is 2. The van der Waals surface area contributed by atoms with Crippen LogP contribution < -0.4 is 16.8 Å². The van der Waals surface area contributed by atoms with Crippen LogP contribution in [0.5, 0.6) is 0 Å². The van der Waals surface area contributed by atoms with Crippen molar-refractivity contribution in [3.05, 3.63) is 29.3 Å². The molecule has 0 spiro atoms. The molecular formula is C11H17Cl2N3O. The fourth-order valence-corrected chi connectivity index (χ4v) is 2.04. The number of nitrogens with two attached hydrogens (primary N) is 2. The topological polar surface area (TPSA) is 81.1 Å². The first-order valence-corrected chi connectivity index (χ1v) is 5.07. The number of fused-ring (bicyclic) bond motifs is 1. The fourth-order valence-electron chi connectivity index (χ4n) is 2.04. The predicted molar refractivity (Wildman–Crippen MR) is 73.6 cm³/mol. The molecule has 0 bridgehead atoms. The Bertz CT molecular complexity index is 398. The van der Waals surface area contributed by atoms with Gasteiger partial charge in [-0.2, -0.15) is 0 Å². The van der Waals surface area contributed by atoms with Crippen molar-refractivity contribution in [2.75, 3.05) is 12.3 Å². The lowest BCUT2D eigenvalue weighted by atomic mass is 9.92. The van der Waals surface area contributed by atoms with E-state index in [0.29, 0.717) is 6.42 Å². The third kappa shape index (κ3) is 3.77. The molecule has 1 amide bonds. The molecule has 0 aliphatic carbocycles. The average molecular weight is 278 g/mol. The molecule has 4 nitrogen and oxygen atoms in total. The van der Waals surface area contributed by atoms with Crippen LogP contribution in [0.3, 0.4) is 0 Å². The minimum atomic E-state index is -0.289. The second kappa shape index (κ2) is 6.69. The van der Waals surface area contributed by atoms with E-state index in [2.05, 4.69) is 5.32 Å². The lowest BCUT2D eigenvalue weighted by Crippen LogP contribution is -2.33. The van der Waals surface area contributed by atoms with E-state index in [1.54, 1.807) is 0 Å². The Kier molecular flexibility index (Phi) is 6.31. The Morgan fingerprint density at radius 1 is 1.41 bits per heavy atom. The van der Waals surface area contributed by atoms with Crippen molar-refractivity contribution < 1.29 is 4.79 Å². The van der Waals surface area contributed by atoms with Crippen molar-refractivity contribution in [3.63, 3.8) is 0 Å². The first-order valence-electron chi connectivity index (χ1n) is 5.07. The number of nitrogens with one attached hydrogen (secondary N) is 1. The largest absolute Gasteiger partial charge is 0.399 e. The van der Waals surface area contributed by atoms with Crippen LogP contribution >= 0.6 is 24.8 Å². The summed E-state index contributed by atoms with van der Waals surface area (Å²) >= 11 is 0. The van der Waals surface area contributed by atoms with Crippen molar-refractivity contribution in [1.29, 1.82) is 0 Å². The molecule has 1 aromatic carbocycles. The van der Waals surface area contributed by atoms with Gasteiger partial charge in [-0.05, 0) is 36.2 Å². The molecule has 1 aliphatic rings. The first kappa shape index (κ1) is 16.0. The third-order valence-electron chi connectivity index (χ3n) is 2.74. The van der Waals surface area contributed by atoms with Gasteiger partial charge in [0.2, 0.25) is 5.91 Å². The number of rotatable bonds is 2. The van der Waals surface area contributed by atoms with Crippen LogP contribution in [0.1, 0.15) is 23.6 Å². The lowest BCUT2D eigenvalue weighted by molar-refractivity contribution is -0.118. The smallest absolute Gasteiger partial charge is 0.219 e. The van der Waals surface area contributed by atoms with Gasteiger partial charge in [-0.3, -0.25) is 4.79 Å². The van der Waals surface area contributed by atoms with Crippen molar-refractivity contribution in [3.8, 4) is 0 Å². The number of hydrogen-bond donors (Lipinski definition) is 3. The molecule has 2 rings (SSSR count). The van der Waals surface area contributed by atoms with Crippen molar-refractivity contribution in [1.82, 2.24) is 5.32 Å². The molecule has 1 atom stereocenters. The fraction of sp³-hybridized carbons (Fsp3) is 0.364. The van der Waals surface area contributed by atoms with Gasteiger partial charge in [0.1, 0.15) is 0 Å². The molecule has 0 saturated carbocycles. The summed E-state index contributed by atoms with van der Waals surface area (Å²) in [5.41, 5.74) is 14.0. The van der Waals surface area contributed by atoms with Crippen LogP contribution in [0.25, 0.3) is 0 Å². The van der Waals surface area contributed by atoms with Crippen LogP contribution in [0.15, 0.2) is 18.2 Å². The van der Waals surface area contributed by atoms with Crippen LogP contribution in [-0.4, -0.2) is 12.5 Å². The summed E-state index contributed by atoms with van der Waals surface area (Å²) in [4.78, 5) is 10.9. The number of amides is 1. The van der Waals surface area contributed by atoms with Gasteiger partial charge in [0, 0.05) is 18.2 Å². The van der Waals surface area contributed by atoms with E-state index in [0.717, 1.165) is 24.2 Å². The van der Waals surface area contributed by atoms with Gasteiger partial charge in [-0.25, -0.2) is 0 Å². The molecule has 5 N–H and O–H groups in total. The van der Waals surface area contributed by atoms with Gasteiger partial charge < -0.3 is 16.8 Å². The SMILES string of the molecule is Cl.Cl.NC(=O)CC1NCCc2ccc(N)cc21. The normalized spacial score (nSPS) is 17.3. The number of primary amides is 1. The summed E-state index contributed by atoms with van der Waals surface area (Å²) in [6, 6.07) is 5.87. The molecule has 0 radical (unpaired) electrons. The molecular weight excluding hydrogens is 261 g/mol. The highest BCUT2D eigenvalue weighted by Gasteiger charge is 2.21. The van der Waals surface area contributed by atoms with Gasteiger partial charge in [0.05, 0.1) is 0 Å². The zero-order chi connectivity index (χ0) is 10.8. The molecule has 96 valence electrons. The van der Waals surface area contributed by atoms with E-state index >= 15 is 0 Å². The highest BCUT2D eigenvalue weighted by molar-refractivity contribution is 5.85. The number of carbonyl (C=O) groups is 1. The van der Waals surface area contributed by atoms with Gasteiger partial charge in [0.15, 0.2) is 0 Å². The van der Waals surface area contributed by atoms with Gasteiger partial charge in [-0.1, -0.05) is 6.07 Å². The monoisotopic (exact) mass is 277 g/mol. The van der Waals surface area contributed by atoms with E-state index in [4.69, 9.17) is 11.5 Å². The number of benzene rings is 1. The minimum absolute atomic E-state index is 0. The average Bonchev–Trinajstić information content (AvgIpc) is 2.18. The highest BCUT2D eigenvalue weighted by atomic mass is 35.5. The molecule has 1 unspecified atom stereocenters. The summed E-state index contributed by atoms with van der Waals surface area (Å²) in [6.45, 7) is 0.884. The molecule has 1 aromatic rings. The Hall–Kier alpha value is -0.970. The molecule has 1 aliphatic heterocycles. The van der Waals surface area contributed by atoms with Crippen LogP contribution in [-0.2, 0) is 11.2 Å². The van der Waals surface area contributed by atoms with Crippen LogP contribution in [0.2, 0.25) is 0 Å². The van der Waals surface area contributed by atoms with E-state index in [-0.39, 0.29) is 36.8 Å². The zero-order valence-electron chi connectivity index (χ0n) is 9.31. The Balaban J connectivity index is 0.00000128. The van der Waals surface area contributed by atoms with Gasteiger partial charge in [-0.15, -0.1) is 24.8 Å². The number of anilines is 1. The molecule has 0 fully saturated rings. The zero-order valence-corrected chi connectivity index (χ0v) is 10.9. The van der Waals surface area contributed by atoms with E-state index in [1.807, 2.05) is 18.2 Å². The van der Waals surface area contributed by atoms with Crippen molar-refractivity contribution in [2.24, 2.45) is 5.73 Å². The second-order valence-corrected chi connectivity index (χ2v) is 3.89. The Morgan fingerprint density at radius 2 is 2.12 bits per heavy atom. The summed E-state index contributed by atoms with van der Waals surface area (Å²) in [7, 11) is 0. The summed E-state index contributed by atoms with van der Waals surface area (Å²) in [5.74, 6) is -0.289. The maximum Gasteiger partial charge on any atom is 0.219 e. The quantitative estimate of drug-likeness (QED) is 0.710. The van der Waals surface area contributed by atoms with Crippen molar-refractivity contribution in [2.45, 2.75) is 18.9 Å². The molecule has 0 aromatic heterocycles. The second-order valence-electron chi connectivity index (χ2n) is 3.89. The maximum absolute atomic E-state index is 10.9. The van der Waals surface area contributed by atoms with E-state index < -0.39 is 0 Å². The molecule has 1 heterocycles. The Labute approximate surface area is 113 Å². The molecule has 6 heteroatoms. The summed E-state index contributed by atoms with van der Waals surface area (Å²) in [6.07, 6.45) is 1.31. The summed E-state index contributed by atoms with van der Waals surface area (Å²) < 4.78 is 0. The molecule has 17 heavy (non-hydrogen) atoms. The number of carbonyl (C=O) groups excluding carboxylic acids is 1. The van der Waals surface area contributed by atoms with Crippen molar-refractivity contribution >= 4 is 36.4 Å². The van der Waals surface area contributed by atoms with E-state index in [9.17, 15) is 4.79 Å². The Morgan fingerprint density at radius 3 is 2.76 bits per heavy atom. The van der Waals surface area contributed by atoms with Crippen LogP contribution in [0.4, 0.5) is 5.69 Å². The molecule has 0 saturated heterocycles. The number of hydrogen-bond acceptors (Lipinski definition) is 3. The maximum atomic E-state index is 10.9. The van der Waals surface area contributed by atoms with Crippen LogP contribution in [0, 0.1) is 0 Å². The van der Waals surface area contributed by atoms with Gasteiger partial charge in [0.25, 0.3) is 0 Å². The highest BCUT2D eigenvalue weighted by Crippen LogP contribution is 2.26. The third-order valence-corrected chi connectivity index (χ3v) is 2.74. The lowest BCUT2D eigenvalue weighted by Gasteiger charge is -2.26. The predicted octanol–water partition coefficient (Wildman–Crippen LogP) is 1.17. The minimum Gasteiger partial charge on any atom is -0.399 e. The summed E-state index contributed by atoms with van der Waals surface area (Å²) in [5, 5.41) is 3.28.